The van der Waals surface area contributed by atoms with E-state index in [-0.39, 0.29) is 5.91 Å². The fourth-order valence-electron chi connectivity index (χ4n) is 2.92. The van der Waals surface area contributed by atoms with E-state index in [2.05, 4.69) is 10.4 Å². The lowest BCUT2D eigenvalue weighted by atomic mass is 10.1. The molecule has 0 unspecified atom stereocenters. The number of nitrogens with zero attached hydrogens (tertiary/aromatic N) is 2. The summed E-state index contributed by atoms with van der Waals surface area (Å²) >= 11 is 12.1. The smallest absolute Gasteiger partial charge is 0.255 e. The third-order valence-electron chi connectivity index (χ3n) is 4.36. The summed E-state index contributed by atoms with van der Waals surface area (Å²) in [4.78, 5) is 12.6. The van der Waals surface area contributed by atoms with Crippen molar-refractivity contribution >= 4 is 29.1 Å². The highest BCUT2D eigenvalue weighted by molar-refractivity contribution is 6.31. The van der Waals surface area contributed by atoms with Gasteiger partial charge in [-0.1, -0.05) is 41.4 Å². The molecule has 2 aromatic carbocycles. The summed E-state index contributed by atoms with van der Waals surface area (Å²) in [5, 5.41) is 8.72. The Labute approximate surface area is 174 Å². The van der Waals surface area contributed by atoms with Crippen LogP contribution in [0, 0.1) is 13.8 Å². The number of hydrogen-bond donors (Lipinski definition) is 1. The van der Waals surface area contributed by atoms with Crippen molar-refractivity contribution < 1.29 is 9.53 Å². The molecule has 7 heteroatoms. The van der Waals surface area contributed by atoms with Crippen LogP contribution in [0.1, 0.15) is 27.3 Å². The highest BCUT2D eigenvalue weighted by Crippen LogP contribution is 2.19. The Balaban J connectivity index is 1.60. The van der Waals surface area contributed by atoms with Gasteiger partial charge in [-0.25, -0.2) is 0 Å². The number of benzene rings is 2. The van der Waals surface area contributed by atoms with Crippen LogP contribution in [0.4, 0.5) is 0 Å². The molecular formula is C21H21Cl2N3O2. The number of halogens is 2. The third-order valence-corrected chi connectivity index (χ3v) is 4.98. The molecule has 0 bridgehead atoms. The number of nitrogens with one attached hydrogen (secondary N) is 1. The van der Waals surface area contributed by atoms with Crippen LogP contribution in [-0.4, -0.2) is 28.8 Å². The molecule has 1 heterocycles. The number of carbonyl (C=O) groups is 1. The Hall–Kier alpha value is -2.50. The van der Waals surface area contributed by atoms with Crippen molar-refractivity contribution in [3.63, 3.8) is 0 Å². The Kier molecular flexibility index (Phi) is 6.60. The molecule has 0 aliphatic carbocycles. The largest absolute Gasteiger partial charge is 0.492 e. The summed E-state index contributed by atoms with van der Waals surface area (Å²) in [6.45, 7) is 4.97. The van der Waals surface area contributed by atoms with Gasteiger partial charge in [-0.2, -0.15) is 5.10 Å². The van der Waals surface area contributed by atoms with Crippen molar-refractivity contribution in [2.75, 3.05) is 13.2 Å². The Morgan fingerprint density at radius 2 is 1.82 bits per heavy atom. The maximum absolute atomic E-state index is 12.6. The number of amides is 1. The van der Waals surface area contributed by atoms with Gasteiger partial charge in [0, 0.05) is 15.7 Å². The van der Waals surface area contributed by atoms with Crippen LogP contribution in [-0.2, 0) is 6.54 Å². The first-order valence-electron chi connectivity index (χ1n) is 8.89. The van der Waals surface area contributed by atoms with Gasteiger partial charge in [-0.05, 0) is 49.7 Å². The number of hydrogen-bond acceptors (Lipinski definition) is 3. The average Bonchev–Trinajstić information content (AvgIpc) is 2.95. The summed E-state index contributed by atoms with van der Waals surface area (Å²) in [6.07, 6.45) is 0. The normalized spacial score (nSPS) is 10.7. The Bertz CT molecular complexity index is 968. The van der Waals surface area contributed by atoms with Crippen LogP contribution in [0.25, 0.3) is 0 Å². The molecule has 0 spiro atoms. The van der Waals surface area contributed by atoms with Crippen LogP contribution in [0.2, 0.25) is 10.0 Å². The predicted octanol–water partition coefficient (Wildman–Crippen LogP) is 4.66. The lowest BCUT2D eigenvalue weighted by Crippen LogP contribution is -2.29. The van der Waals surface area contributed by atoms with E-state index in [9.17, 15) is 4.79 Å². The van der Waals surface area contributed by atoms with E-state index in [1.165, 1.54) is 0 Å². The maximum Gasteiger partial charge on any atom is 0.255 e. The second kappa shape index (κ2) is 9.13. The molecule has 0 fully saturated rings. The zero-order valence-corrected chi connectivity index (χ0v) is 17.2. The summed E-state index contributed by atoms with van der Waals surface area (Å²) < 4.78 is 7.40. The van der Waals surface area contributed by atoms with Crippen molar-refractivity contribution in [1.29, 1.82) is 0 Å². The van der Waals surface area contributed by atoms with Crippen LogP contribution < -0.4 is 10.1 Å². The standard InChI is InChI=1S/C21H21Cl2N3O2/c1-14-20(15(2)26(25-14)13-16-5-3-4-6-19(16)23)21(27)24-11-12-28-18-9-7-17(22)8-10-18/h3-10H,11-13H2,1-2H3,(H,24,27). The Morgan fingerprint density at radius 1 is 1.11 bits per heavy atom. The molecule has 3 aromatic rings. The van der Waals surface area contributed by atoms with Gasteiger partial charge in [0.05, 0.1) is 24.3 Å². The SMILES string of the molecule is Cc1nn(Cc2ccccc2Cl)c(C)c1C(=O)NCCOc1ccc(Cl)cc1. The molecule has 1 N–H and O–H groups in total. The molecule has 0 saturated carbocycles. The van der Waals surface area contributed by atoms with Crippen molar-refractivity contribution in [2.24, 2.45) is 0 Å². The van der Waals surface area contributed by atoms with Gasteiger partial charge in [0.2, 0.25) is 0 Å². The summed E-state index contributed by atoms with van der Waals surface area (Å²) in [5.41, 5.74) is 3.02. The zero-order chi connectivity index (χ0) is 20.1. The lowest BCUT2D eigenvalue weighted by Gasteiger charge is -2.09. The minimum absolute atomic E-state index is 0.167. The lowest BCUT2D eigenvalue weighted by molar-refractivity contribution is 0.0945. The molecule has 5 nitrogen and oxygen atoms in total. The first-order chi connectivity index (χ1) is 13.5. The molecule has 3 rings (SSSR count). The summed E-state index contributed by atoms with van der Waals surface area (Å²) in [6, 6.07) is 14.7. The zero-order valence-electron chi connectivity index (χ0n) is 15.7. The first kappa shape index (κ1) is 20.2. The van der Waals surface area contributed by atoms with E-state index in [0.29, 0.717) is 46.7 Å². The van der Waals surface area contributed by atoms with Crippen molar-refractivity contribution in [2.45, 2.75) is 20.4 Å². The fourth-order valence-corrected chi connectivity index (χ4v) is 3.24. The topological polar surface area (TPSA) is 56.2 Å². The van der Waals surface area contributed by atoms with E-state index in [0.717, 1.165) is 11.3 Å². The van der Waals surface area contributed by atoms with Crippen LogP contribution in [0.5, 0.6) is 5.75 Å². The number of rotatable bonds is 7. The van der Waals surface area contributed by atoms with Crippen LogP contribution in [0.3, 0.4) is 0 Å². The molecule has 146 valence electrons. The number of aromatic nitrogens is 2. The molecule has 0 saturated heterocycles. The monoisotopic (exact) mass is 417 g/mol. The minimum atomic E-state index is -0.167. The average molecular weight is 418 g/mol. The van der Waals surface area contributed by atoms with E-state index in [1.54, 1.807) is 28.9 Å². The third kappa shape index (κ3) is 4.86. The molecule has 0 atom stereocenters. The molecule has 28 heavy (non-hydrogen) atoms. The van der Waals surface area contributed by atoms with Crippen molar-refractivity contribution in [1.82, 2.24) is 15.1 Å². The summed E-state index contributed by atoms with van der Waals surface area (Å²) in [5.74, 6) is 0.540. The molecule has 0 radical (unpaired) electrons. The van der Waals surface area contributed by atoms with Gasteiger partial charge in [0.25, 0.3) is 5.91 Å². The number of carbonyl (C=O) groups excluding carboxylic acids is 1. The number of ether oxygens (including phenoxy) is 1. The molecule has 1 amide bonds. The molecule has 0 aliphatic heterocycles. The second-order valence-corrected chi connectivity index (χ2v) is 7.20. The molecule has 0 aliphatic rings. The molecule has 1 aromatic heterocycles. The van der Waals surface area contributed by atoms with Crippen LogP contribution >= 0.6 is 23.2 Å². The van der Waals surface area contributed by atoms with E-state index in [1.807, 2.05) is 38.1 Å². The van der Waals surface area contributed by atoms with Gasteiger partial charge in [0.1, 0.15) is 12.4 Å². The van der Waals surface area contributed by atoms with Gasteiger partial charge >= 0.3 is 0 Å². The van der Waals surface area contributed by atoms with Gasteiger partial charge < -0.3 is 10.1 Å². The van der Waals surface area contributed by atoms with Gasteiger partial charge in [0.15, 0.2) is 0 Å². The van der Waals surface area contributed by atoms with Crippen molar-refractivity contribution in [3.05, 3.63) is 81.1 Å². The highest BCUT2D eigenvalue weighted by Gasteiger charge is 2.18. The Morgan fingerprint density at radius 3 is 2.54 bits per heavy atom. The maximum atomic E-state index is 12.6. The first-order valence-corrected chi connectivity index (χ1v) is 9.65. The predicted molar refractivity (Wildman–Crippen MR) is 112 cm³/mol. The van der Waals surface area contributed by atoms with Gasteiger partial charge in [-0.3, -0.25) is 9.48 Å². The quantitative estimate of drug-likeness (QED) is 0.568. The van der Waals surface area contributed by atoms with E-state index >= 15 is 0 Å². The fraction of sp³-hybridized carbons (Fsp3) is 0.238. The molecular weight excluding hydrogens is 397 g/mol. The second-order valence-electron chi connectivity index (χ2n) is 6.35. The van der Waals surface area contributed by atoms with Crippen molar-refractivity contribution in [3.8, 4) is 5.75 Å². The van der Waals surface area contributed by atoms with E-state index < -0.39 is 0 Å². The van der Waals surface area contributed by atoms with E-state index in [4.69, 9.17) is 27.9 Å². The van der Waals surface area contributed by atoms with Crippen LogP contribution in [0.15, 0.2) is 48.5 Å². The van der Waals surface area contributed by atoms with Gasteiger partial charge in [-0.15, -0.1) is 0 Å². The minimum Gasteiger partial charge on any atom is -0.492 e. The summed E-state index contributed by atoms with van der Waals surface area (Å²) in [7, 11) is 0. The highest BCUT2D eigenvalue weighted by atomic mass is 35.5. The number of aryl methyl sites for hydroxylation is 1.